The van der Waals surface area contributed by atoms with Crippen LogP contribution in [0.5, 0.6) is 5.75 Å². The van der Waals surface area contributed by atoms with Crippen LogP contribution in [0.3, 0.4) is 0 Å². The Morgan fingerprint density at radius 2 is 1.86 bits per heavy atom. The minimum absolute atomic E-state index is 0.0689. The van der Waals surface area contributed by atoms with Gasteiger partial charge in [0.05, 0.1) is 0 Å². The lowest BCUT2D eigenvalue weighted by Crippen LogP contribution is -2.33. The van der Waals surface area contributed by atoms with Crippen LogP contribution in [0.25, 0.3) is 0 Å². The van der Waals surface area contributed by atoms with Crippen molar-refractivity contribution in [1.29, 1.82) is 0 Å². The molecule has 0 aliphatic carbocycles. The average Bonchev–Trinajstić information content (AvgIpc) is 2.43. The van der Waals surface area contributed by atoms with E-state index in [1.165, 1.54) is 12.1 Å². The van der Waals surface area contributed by atoms with Gasteiger partial charge in [-0.2, -0.15) is 0 Å². The fourth-order valence-corrected chi connectivity index (χ4v) is 3.61. The molecular formula is C15H26N2O3S. The molecule has 0 aliphatic rings. The molecule has 0 saturated carbocycles. The van der Waals surface area contributed by atoms with Crippen molar-refractivity contribution in [3.8, 4) is 5.75 Å². The molecule has 0 bridgehead atoms. The summed E-state index contributed by atoms with van der Waals surface area (Å²) in [4.78, 5) is 2.24. The zero-order valence-electron chi connectivity index (χ0n) is 13.0. The smallest absolute Gasteiger partial charge is 0.244 e. The van der Waals surface area contributed by atoms with E-state index >= 15 is 0 Å². The van der Waals surface area contributed by atoms with E-state index in [0.29, 0.717) is 0 Å². The highest BCUT2D eigenvalue weighted by molar-refractivity contribution is 7.89. The van der Waals surface area contributed by atoms with Gasteiger partial charge in [-0.25, -0.2) is 13.1 Å². The van der Waals surface area contributed by atoms with Crippen molar-refractivity contribution in [2.75, 3.05) is 19.6 Å². The molecule has 1 atom stereocenters. The van der Waals surface area contributed by atoms with Gasteiger partial charge in [0, 0.05) is 6.04 Å². The highest BCUT2D eigenvalue weighted by Crippen LogP contribution is 2.21. The number of nitrogens with zero attached hydrogens (tertiary/aromatic N) is 1. The molecule has 0 fully saturated rings. The van der Waals surface area contributed by atoms with Crippen LogP contribution in [0, 0.1) is 0 Å². The first kappa shape index (κ1) is 17.9. The third-order valence-corrected chi connectivity index (χ3v) is 5.15. The van der Waals surface area contributed by atoms with Gasteiger partial charge in [0.1, 0.15) is 10.6 Å². The summed E-state index contributed by atoms with van der Waals surface area (Å²) in [7, 11) is -3.67. The van der Waals surface area contributed by atoms with Crippen molar-refractivity contribution in [1.82, 2.24) is 9.62 Å². The monoisotopic (exact) mass is 314 g/mol. The Hall–Kier alpha value is -1.11. The molecule has 0 aliphatic heterocycles. The fourth-order valence-electron chi connectivity index (χ4n) is 2.23. The highest BCUT2D eigenvalue weighted by Gasteiger charge is 2.20. The normalized spacial score (nSPS) is 13.5. The first-order valence-corrected chi connectivity index (χ1v) is 8.91. The largest absolute Gasteiger partial charge is 0.507 e. The van der Waals surface area contributed by atoms with Crippen molar-refractivity contribution in [2.24, 2.45) is 0 Å². The first-order chi connectivity index (χ1) is 9.90. The second-order valence-electron chi connectivity index (χ2n) is 5.16. The lowest BCUT2D eigenvalue weighted by atomic mass is 10.2. The van der Waals surface area contributed by atoms with E-state index in [-0.39, 0.29) is 16.7 Å². The molecular weight excluding hydrogens is 288 g/mol. The molecule has 5 nitrogen and oxygen atoms in total. The SMILES string of the molecule is CCN(CC)CCCC(C)NS(=O)(=O)c1ccccc1O. The Morgan fingerprint density at radius 3 is 2.43 bits per heavy atom. The number of hydrogen-bond acceptors (Lipinski definition) is 4. The van der Waals surface area contributed by atoms with Crippen LogP contribution >= 0.6 is 0 Å². The predicted molar refractivity (Wildman–Crippen MR) is 84.9 cm³/mol. The Kier molecular flexibility index (Phi) is 7.14. The molecule has 2 N–H and O–H groups in total. The minimum Gasteiger partial charge on any atom is -0.507 e. The highest BCUT2D eigenvalue weighted by atomic mass is 32.2. The summed E-state index contributed by atoms with van der Waals surface area (Å²) in [6.45, 7) is 9.07. The minimum atomic E-state index is -3.67. The van der Waals surface area contributed by atoms with E-state index in [9.17, 15) is 13.5 Å². The zero-order valence-corrected chi connectivity index (χ0v) is 13.9. The molecule has 21 heavy (non-hydrogen) atoms. The molecule has 0 saturated heterocycles. The molecule has 1 aromatic rings. The molecule has 0 heterocycles. The molecule has 0 aromatic heterocycles. The Bertz CT molecular complexity index is 527. The van der Waals surface area contributed by atoms with E-state index in [4.69, 9.17) is 0 Å². The average molecular weight is 314 g/mol. The third kappa shape index (κ3) is 5.65. The van der Waals surface area contributed by atoms with Gasteiger partial charge >= 0.3 is 0 Å². The lowest BCUT2D eigenvalue weighted by Gasteiger charge is -2.19. The number of aromatic hydroxyl groups is 1. The van der Waals surface area contributed by atoms with E-state index < -0.39 is 10.0 Å². The van der Waals surface area contributed by atoms with Crippen molar-refractivity contribution in [2.45, 2.75) is 44.6 Å². The van der Waals surface area contributed by atoms with E-state index in [1.54, 1.807) is 12.1 Å². The van der Waals surface area contributed by atoms with E-state index in [2.05, 4.69) is 23.5 Å². The number of sulfonamides is 1. The fraction of sp³-hybridized carbons (Fsp3) is 0.600. The van der Waals surface area contributed by atoms with Gasteiger partial charge in [0.15, 0.2) is 0 Å². The third-order valence-electron chi connectivity index (χ3n) is 3.52. The summed E-state index contributed by atoms with van der Waals surface area (Å²) in [5.74, 6) is -0.222. The number of benzene rings is 1. The van der Waals surface area contributed by atoms with Crippen LogP contribution in [0.2, 0.25) is 0 Å². The van der Waals surface area contributed by atoms with Gasteiger partial charge in [-0.15, -0.1) is 0 Å². The van der Waals surface area contributed by atoms with E-state index in [1.807, 2.05) is 6.92 Å². The van der Waals surface area contributed by atoms with Crippen molar-refractivity contribution >= 4 is 10.0 Å². The summed E-state index contributed by atoms with van der Waals surface area (Å²) < 4.78 is 27.0. The van der Waals surface area contributed by atoms with Gasteiger partial charge in [-0.1, -0.05) is 26.0 Å². The van der Waals surface area contributed by atoms with Crippen LogP contribution in [0.4, 0.5) is 0 Å². The van der Waals surface area contributed by atoms with Gasteiger partial charge in [0.2, 0.25) is 10.0 Å². The molecule has 120 valence electrons. The Morgan fingerprint density at radius 1 is 1.24 bits per heavy atom. The van der Waals surface area contributed by atoms with Crippen LogP contribution in [-0.2, 0) is 10.0 Å². The maximum atomic E-state index is 12.2. The second kappa shape index (κ2) is 8.36. The summed E-state index contributed by atoms with van der Waals surface area (Å²) >= 11 is 0. The first-order valence-electron chi connectivity index (χ1n) is 7.43. The van der Waals surface area contributed by atoms with Crippen molar-refractivity contribution in [3.63, 3.8) is 0 Å². The molecule has 1 aromatic carbocycles. The number of rotatable bonds is 9. The lowest BCUT2D eigenvalue weighted by molar-refractivity contribution is 0.293. The van der Waals surface area contributed by atoms with Gasteiger partial charge < -0.3 is 10.0 Å². The Labute approximate surface area is 128 Å². The quantitative estimate of drug-likeness (QED) is 0.733. The number of nitrogens with one attached hydrogen (secondary N) is 1. The molecule has 1 unspecified atom stereocenters. The van der Waals surface area contributed by atoms with Gasteiger partial charge in [-0.05, 0) is 51.5 Å². The van der Waals surface area contributed by atoms with Crippen LogP contribution in [-0.4, -0.2) is 44.1 Å². The van der Waals surface area contributed by atoms with Gasteiger partial charge in [0.25, 0.3) is 0 Å². The molecule has 0 amide bonds. The van der Waals surface area contributed by atoms with Gasteiger partial charge in [-0.3, -0.25) is 0 Å². The number of phenolic OH excluding ortho intramolecular Hbond substituents is 1. The van der Waals surface area contributed by atoms with Crippen LogP contribution in [0.1, 0.15) is 33.6 Å². The molecule has 0 spiro atoms. The predicted octanol–water partition coefficient (Wildman–Crippen LogP) is 2.18. The molecule has 0 radical (unpaired) electrons. The molecule has 1 rings (SSSR count). The number of hydrogen-bond donors (Lipinski definition) is 2. The summed E-state index contributed by atoms with van der Waals surface area (Å²) in [6.07, 6.45) is 1.70. The molecule has 6 heteroatoms. The zero-order chi connectivity index (χ0) is 15.9. The maximum Gasteiger partial charge on any atom is 0.244 e. The number of phenols is 1. The van der Waals surface area contributed by atoms with Crippen molar-refractivity contribution < 1.29 is 13.5 Å². The summed E-state index contributed by atoms with van der Waals surface area (Å²) in [5, 5.41) is 9.65. The van der Waals surface area contributed by atoms with E-state index in [0.717, 1.165) is 32.5 Å². The summed E-state index contributed by atoms with van der Waals surface area (Å²) in [5.41, 5.74) is 0. The van der Waals surface area contributed by atoms with Crippen molar-refractivity contribution in [3.05, 3.63) is 24.3 Å². The maximum absolute atomic E-state index is 12.2. The topological polar surface area (TPSA) is 69.6 Å². The van der Waals surface area contributed by atoms with Crippen LogP contribution in [0.15, 0.2) is 29.2 Å². The summed E-state index contributed by atoms with van der Waals surface area (Å²) in [6, 6.07) is 5.81. The standard InChI is InChI=1S/C15H26N2O3S/c1-4-17(5-2)12-8-9-13(3)16-21(19,20)15-11-7-6-10-14(15)18/h6-7,10-11,13,16,18H,4-5,8-9,12H2,1-3H3. The van der Waals surface area contributed by atoms with Crippen LogP contribution < -0.4 is 4.72 Å². The number of para-hydroxylation sites is 1. The Balaban J connectivity index is 2.54. The second-order valence-corrected chi connectivity index (χ2v) is 6.84.